The minimum absolute atomic E-state index is 0.0542. The van der Waals surface area contributed by atoms with Crippen molar-refractivity contribution in [3.63, 3.8) is 0 Å². The zero-order chi connectivity index (χ0) is 20.1. The number of rotatable bonds is 8. The fourth-order valence-electron chi connectivity index (χ4n) is 2.77. The van der Waals surface area contributed by atoms with Gasteiger partial charge in [0.1, 0.15) is 11.6 Å². The van der Waals surface area contributed by atoms with Gasteiger partial charge in [-0.15, -0.1) is 11.8 Å². The third-order valence-electron chi connectivity index (χ3n) is 4.43. The molecular formula is C20H25N5O2S. The standard InChI is InChI=1S/C20H25N5O2S/c1-14-18(15(2)27-23-14)12-28-13-20(26)22-19-9-10-21-25(19)11-16-5-7-17(8-6-16)24(3)4/h5-10H,11-13H2,1-4H3,(H,22,26). The van der Waals surface area contributed by atoms with E-state index >= 15 is 0 Å². The highest BCUT2D eigenvalue weighted by Crippen LogP contribution is 2.20. The molecule has 1 aromatic carbocycles. The van der Waals surface area contributed by atoms with Crippen LogP contribution in [-0.2, 0) is 17.1 Å². The molecule has 0 fully saturated rings. The summed E-state index contributed by atoms with van der Waals surface area (Å²) >= 11 is 1.54. The van der Waals surface area contributed by atoms with Gasteiger partial charge in [-0.05, 0) is 31.5 Å². The van der Waals surface area contributed by atoms with Gasteiger partial charge in [0.2, 0.25) is 5.91 Å². The van der Waals surface area contributed by atoms with Crippen LogP contribution in [0, 0.1) is 13.8 Å². The maximum atomic E-state index is 12.3. The van der Waals surface area contributed by atoms with E-state index in [2.05, 4.69) is 44.7 Å². The molecule has 0 aliphatic carbocycles. The number of hydrogen-bond donors (Lipinski definition) is 1. The number of aryl methyl sites for hydroxylation is 2. The molecule has 0 aliphatic rings. The zero-order valence-corrected chi connectivity index (χ0v) is 17.4. The van der Waals surface area contributed by atoms with Gasteiger partial charge in [0.25, 0.3) is 0 Å². The van der Waals surface area contributed by atoms with Crippen molar-refractivity contribution in [3.05, 3.63) is 59.1 Å². The largest absolute Gasteiger partial charge is 0.378 e. The van der Waals surface area contributed by atoms with E-state index in [9.17, 15) is 4.79 Å². The van der Waals surface area contributed by atoms with E-state index in [1.165, 1.54) is 11.8 Å². The Balaban J connectivity index is 1.54. The fourth-order valence-corrected chi connectivity index (χ4v) is 3.75. The van der Waals surface area contributed by atoms with Gasteiger partial charge in [-0.2, -0.15) is 5.10 Å². The van der Waals surface area contributed by atoms with Gasteiger partial charge in [-0.25, -0.2) is 4.68 Å². The van der Waals surface area contributed by atoms with E-state index < -0.39 is 0 Å². The SMILES string of the molecule is Cc1noc(C)c1CSCC(=O)Nc1ccnn1Cc1ccc(N(C)C)cc1. The zero-order valence-electron chi connectivity index (χ0n) is 16.6. The smallest absolute Gasteiger partial charge is 0.235 e. The summed E-state index contributed by atoms with van der Waals surface area (Å²) in [6, 6.07) is 10.1. The van der Waals surface area contributed by atoms with E-state index in [4.69, 9.17) is 4.52 Å². The Kier molecular flexibility index (Phi) is 6.41. The van der Waals surface area contributed by atoms with Crippen LogP contribution in [-0.4, -0.2) is 40.7 Å². The van der Waals surface area contributed by atoms with E-state index in [1.54, 1.807) is 10.9 Å². The summed E-state index contributed by atoms with van der Waals surface area (Å²) in [5.41, 5.74) is 4.21. The summed E-state index contributed by atoms with van der Waals surface area (Å²) in [5.74, 6) is 2.50. The second-order valence-electron chi connectivity index (χ2n) is 6.78. The summed E-state index contributed by atoms with van der Waals surface area (Å²) in [6.07, 6.45) is 1.70. The number of carbonyl (C=O) groups excluding carboxylic acids is 1. The average molecular weight is 400 g/mol. The average Bonchev–Trinajstić information content (AvgIpc) is 3.23. The number of carbonyl (C=O) groups is 1. The van der Waals surface area contributed by atoms with Crippen LogP contribution in [0.1, 0.15) is 22.6 Å². The summed E-state index contributed by atoms with van der Waals surface area (Å²) < 4.78 is 6.95. The Labute approximate surface area is 169 Å². The second kappa shape index (κ2) is 8.97. The lowest BCUT2D eigenvalue weighted by molar-refractivity contribution is -0.113. The van der Waals surface area contributed by atoms with Crippen LogP contribution >= 0.6 is 11.8 Å². The Morgan fingerprint density at radius 2 is 1.96 bits per heavy atom. The van der Waals surface area contributed by atoms with Crippen LogP contribution in [0.25, 0.3) is 0 Å². The molecule has 0 radical (unpaired) electrons. The fraction of sp³-hybridized carbons (Fsp3) is 0.350. The van der Waals surface area contributed by atoms with E-state index in [-0.39, 0.29) is 5.91 Å². The van der Waals surface area contributed by atoms with Gasteiger partial charge in [-0.1, -0.05) is 17.3 Å². The number of benzene rings is 1. The van der Waals surface area contributed by atoms with E-state index in [0.717, 1.165) is 28.3 Å². The van der Waals surface area contributed by atoms with Crippen molar-refractivity contribution in [1.82, 2.24) is 14.9 Å². The first-order valence-corrected chi connectivity index (χ1v) is 10.2. The highest BCUT2D eigenvalue weighted by molar-refractivity contribution is 7.99. The van der Waals surface area contributed by atoms with Gasteiger partial charge >= 0.3 is 0 Å². The normalized spacial score (nSPS) is 10.9. The van der Waals surface area contributed by atoms with E-state index in [1.807, 2.05) is 34.0 Å². The van der Waals surface area contributed by atoms with Crippen molar-refractivity contribution >= 4 is 29.2 Å². The quantitative estimate of drug-likeness (QED) is 0.625. The predicted octanol–water partition coefficient (Wildman–Crippen LogP) is 3.47. The molecule has 3 rings (SSSR count). The lowest BCUT2D eigenvalue weighted by Gasteiger charge is -2.13. The molecule has 0 saturated carbocycles. The highest BCUT2D eigenvalue weighted by atomic mass is 32.2. The molecule has 1 N–H and O–H groups in total. The molecule has 1 amide bonds. The Hall–Kier alpha value is -2.74. The molecule has 0 bridgehead atoms. The number of aromatic nitrogens is 3. The minimum atomic E-state index is -0.0542. The first kappa shape index (κ1) is 20.0. The number of amides is 1. The molecule has 2 heterocycles. The molecule has 0 saturated heterocycles. The van der Waals surface area contributed by atoms with Crippen LogP contribution in [0.5, 0.6) is 0 Å². The second-order valence-corrected chi connectivity index (χ2v) is 7.76. The van der Waals surface area contributed by atoms with Crippen molar-refractivity contribution < 1.29 is 9.32 Å². The van der Waals surface area contributed by atoms with Gasteiger partial charge in [0.05, 0.1) is 24.2 Å². The summed E-state index contributed by atoms with van der Waals surface area (Å²) in [7, 11) is 4.03. The molecule has 0 spiro atoms. The first-order valence-electron chi connectivity index (χ1n) is 9.01. The highest BCUT2D eigenvalue weighted by Gasteiger charge is 2.12. The number of thioether (sulfide) groups is 1. The number of nitrogens with zero attached hydrogens (tertiary/aromatic N) is 4. The monoisotopic (exact) mass is 399 g/mol. The molecule has 7 nitrogen and oxygen atoms in total. The molecule has 2 aromatic heterocycles. The van der Waals surface area contributed by atoms with Gasteiger partial charge in [-0.3, -0.25) is 4.79 Å². The number of nitrogens with one attached hydrogen (secondary N) is 1. The van der Waals surface area contributed by atoms with Crippen molar-refractivity contribution in [3.8, 4) is 0 Å². The Morgan fingerprint density at radius 1 is 1.21 bits per heavy atom. The summed E-state index contributed by atoms with van der Waals surface area (Å²) in [4.78, 5) is 14.4. The van der Waals surface area contributed by atoms with Gasteiger partial charge in [0.15, 0.2) is 0 Å². The van der Waals surface area contributed by atoms with Gasteiger partial charge < -0.3 is 14.7 Å². The first-order chi connectivity index (χ1) is 13.4. The molecule has 148 valence electrons. The molecule has 0 unspecified atom stereocenters. The van der Waals surface area contributed by atoms with Crippen LogP contribution in [0.3, 0.4) is 0 Å². The molecule has 8 heteroatoms. The Morgan fingerprint density at radius 3 is 2.61 bits per heavy atom. The third kappa shape index (κ3) is 4.95. The maximum Gasteiger partial charge on any atom is 0.235 e. The van der Waals surface area contributed by atoms with Crippen LogP contribution in [0.2, 0.25) is 0 Å². The topological polar surface area (TPSA) is 76.2 Å². The molecular weight excluding hydrogens is 374 g/mol. The maximum absolute atomic E-state index is 12.3. The molecule has 0 aliphatic heterocycles. The van der Waals surface area contributed by atoms with E-state index in [0.29, 0.717) is 23.9 Å². The number of hydrogen-bond acceptors (Lipinski definition) is 6. The van der Waals surface area contributed by atoms with Crippen molar-refractivity contribution in [2.24, 2.45) is 0 Å². The predicted molar refractivity (Wildman–Crippen MR) is 113 cm³/mol. The van der Waals surface area contributed by atoms with Crippen molar-refractivity contribution in [2.75, 3.05) is 30.1 Å². The minimum Gasteiger partial charge on any atom is -0.378 e. The summed E-state index contributed by atoms with van der Waals surface area (Å²) in [6.45, 7) is 4.40. The van der Waals surface area contributed by atoms with Crippen molar-refractivity contribution in [1.29, 1.82) is 0 Å². The van der Waals surface area contributed by atoms with Crippen molar-refractivity contribution in [2.45, 2.75) is 26.1 Å². The molecule has 0 atom stereocenters. The lowest BCUT2D eigenvalue weighted by atomic mass is 10.2. The summed E-state index contributed by atoms with van der Waals surface area (Å²) in [5, 5.41) is 11.2. The Bertz CT molecular complexity index is 911. The molecule has 3 aromatic rings. The van der Waals surface area contributed by atoms with Crippen LogP contribution < -0.4 is 10.2 Å². The lowest BCUT2D eigenvalue weighted by Crippen LogP contribution is -2.18. The molecule has 28 heavy (non-hydrogen) atoms. The third-order valence-corrected chi connectivity index (χ3v) is 5.39. The van der Waals surface area contributed by atoms with Crippen LogP contribution in [0.4, 0.5) is 11.5 Å². The van der Waals surface area contributed by atoms with Gasteiger partial charge in [0, 0.05) is 37.2 Å². The number of anilines is 2. The van der Waals surface area contributed by atoms with Crippen LogP contribution in [0.15, 0.2) is 41.1 Å².